The number of nitrogens with zero attached hydrogens (tertiary/aromatic N) is 3. The number of hydrogen-bond acceptors (Lipinski definition) is 2. The van der Waals surface area contributed by atoms with Gasteiger partial charge in [-0.3, -0.25) is 0 Å². The van der Waals surface area contributed by atoms with E-state index in [1.54, 1.807) is 0 Å². The van der Waals surface area contributed by atoms with E-state index in [4.69, 9.17) is 0 Å². The third kappa shape index (κ3) is 6.26. The molecule has 0 N–H and O–H groups in total. The van der Waals surface area contributed by atoms with Crippen LogP contribution < -0.4 is 9.80 Å². The van der Waals surface area contributed by atoms with E-state index >= 15 is 0 Å². The Morgan fingerprint density at radius 3 is 1.80 bits per heavy atom. The lowest BCUT2D eigenvalue weighted by atomic mass is 9.82. The lowest BCUT2D eigenvalue weighted by Gasteiger charge is -2.31. The Kier molecular flexibility index (Phi) is 8.82. The molecular weight excluding hydrogens is 746 g/mol. The maximum atomic E-state index is 14.5. The molecule has 0 spiro atoms. The molecule has 8 aromatic carbocycles. The molecule has 0 aliphatic heterocycles. The summed E-state index contributed by atoms with van der Waals surface area (Å²) in [6.45, 7) is 4.67. The third-order valence-corrected chi connectivity index (χ3v) is 12.7. The lowest BCUT2D eigenvalue weighted by Crippen LogP contribution is -2.17. The second-order valence-electron chi connectivity index (χ2n) is 16.7. The van der Waals surface area contributed by atoms with E-state index in [-0.39, 0.29) is 17.3 Å². The van der Waals surface area contributed by atoms with Gasteiger partial charge in [0.1, 0.15) is 5.82 Å². The van der Waals surface area contributed by atoms with Crippen LogP contribution in [0.1, 0.15) is 37.4 Å². The van der Waals surface area contributed by atoms with Crippen LogP contribution in [-0.4, -0.2) is 4.57 Å². The Hall–Kier alpha value is -7.43. The van der Waals surface area contributed by atoms with E-state index in [0.717, 1.165) is 51.7 Å². The number of benzene rings is 8. The minimum atomic E-state index is -0.268. The standard InChI is InChI=1S/C57H44FN3/c1-57(2)53-24-14-12-22-49(53)50-32-31-46(38-54(50)57)60(43-18-8-4-9-19-43)48-35-40(34-47(37-48)59(42-16-6-3-7-17-42)45-29-27-41(58)28-30-45)39-26-33-56-52(36-39)51-23-13-15-25-55(51)61(56)44-20-10-5-11-21-44/h3-20,22-38,44H,21H2,1-2H3. The van der Waals surface area contributed by atoms with Gasteiger partial charge in [-0.15, -0.1) is 0 Å². The van der Waals surface area contributed by atoms with Crippen LogP contribution in [0.15, 0.2) is 212 Å². The van der Waals surface area contributed by atoms with E-state index in [1.807, 2.05) is 18.2 Å². The van der Waals surface area contributed by atoms with Crippen molar-refractivity contribution in [2.24, 2.45) is 0 Å². The van der Waals surface area contributed by atoms with E-state index in [1.165, 1.54) is 56.2 Å². The van der Waals surface area contributed by atoms with Gasteiger partial charge in [0.15, 0.2) is 0 Å². The molecule has 0 fully saturated rings. The molecule has 61 heavy (non-hydrogen) atoms. The predicted molar refractivity (Wildman–Crippen MR) is 254 cm³/mol. The van der Waals surface area contributed by atoms with Crippen LogP contribution in [0, 0.1) is 5.82 Å². The summed E-state index contributed by atoms with van der Waals surface area (Å²) < 4.78 is 17.0. The monoisotopic (exact) mass is 789 g/mol. The van der Waals surface area contributed by atoms with E-state index in [0.29, 0.717) is 0 Å². The maximum Gasteiger partial charge on any atom is 0.123 e. The van der Waals surface area contributed by atoms with Crippen LogP contribution in [0.3, 0.4) is 0 Å². The van der Waals surface area contributed by atoms with Gasteiger partial charge in [0.2, 0.25) is 0 Å². The van der Waals surface area contributed by atoms with Crippen molar-refractivity contribution < 1.29 is 4.39 Å². The molecule has 9 aromatic rings. The summed E-state index contributed by atoms with van der Waals surface area (Å²) in [6.07, 6.45) is 9.82. The van der Waals surface area contributed by atoms with Crippen molar-refractivity contribution in [1.29, 1.82) is 0 Å². The summed E-state index contributed by atoms with van der Waals surface area (Å²) in [5.74, 6) is -0.268. The van der Waals surface area contributed by atoms with Gasteiger partial charge in [-0.1, -0.05) is 129 Å². The van der Waals surface area contributed by atoms with Gasteiger partial charge < -0.3 is 14.4 Å². The fourth-order valence-electron chi connectivity index (χ4n) is 9.79. The van der Waals surface area contributed by atoms with Gasteiger partial charge in [-0.2, -0.15) is 0 Å². The minimum absolute atomic E-state index is 0.164. The predicted octanol–water partition coefficient (Wildman–Crippen LogP) is 15.9. The molecule has 1 heterocycles. The van der Waals surface area contributed by atoms with Crippen LogP contribution in [0.25, 0.3) is 44.1 Å². The largest absolute Gasteiger partial charge is 0.333 e. The van der Waals surface area contributed by atoms with Gasteiger partial charge in [-0.05, 0) is 137 Å². The number of fused-ring (bicyclic) bond motifs is 6. The van der Waals surface area contributed by atoms with Crippen LogP contribution in [0.4, 0.5) is 38.5 Å². The summed E-state index contributed by atoms with van der Waals surface area (Å²) in [6, 6.07) is 66.4. The normalized spacial score (nSPS) is 14.9. The van der Waals surface area contributed by atoms with Crippen LogP contribution in [0.2, 0.25) is 0 Å². The van der Waals surface area contributed by atoms with Crippen molar-refractivity contribution in [3.05, 3.63) is 229 Å². The van der Waals surface area contributed by atoms with Crippen LogP contribution in [-0.2, 0) is 5.41 Å². The number of aromatic nitrogens is 1. The van der Waals surface area contributed by atoms with Gasteiger partial charge >= 0.3 is 0 Å². The summed E-state index contributed by atoms with van der Waals surface area (Å²) in [5.41, 5.74) is 15.7. The first-order valence-electron chi connectivity index (χ1n) is 21.1. The zero-order valence-electron chi connectivity index (χ0n) is 34.2. The number of rotatable bonds is 8. The maximum absolute atomic E-state index is 14.5. The van der Waals surface area contributed by atoms with Gasteiger partial charge in [0.05, 0.1) is 6.04 Å². The highest BCUT2D eigenvalue weighted by Crippen LogP contribution is 2.51. The van der Waals surface area contributed by atoms with Crippen molar-refractivity contribution in [3.63, 3.8) is 0 Å². The molecule has 0 bridgehead atoms. The molecule has 4 heteroatoms. The molecule has 0 saturated carbocycles. The molecule has 1 aromatic heterocycles. The molecule has 11 rings (SSSR count). The first-order valence-corrected chi connectivity index (χ1v) is 21.1. The highest BCUT2D eigenvalue weighted by molar-refractivity contribution is 6.09. The van der Waals surface area contributed by atoms with Crippen molar-refractivity contribution in [2.45, 2.75) is 31.7 Å². The van der Waals surface area contributed by atoms with E-state index in [2.05, 4.69) is 210 Å². The molecule has 0 amide bonds. The fraction of sp³-hybridized carbons (Fsp3) is 0.0877. The van der Waals surface area contributed by atoms with Crippen molar-refractivity contribution in [1.82, 2.24) is 4.57 Å². The van der Waals surface area contributed by atoms with Gasteiger partial charge in [0.25, 0.3) is 0 Å². The molecule has 3 nitrogen and oxygen atoms in total. The second-order valence-corrected chi connectivity index (χ2v) is 16.7. The molecule has 1 unspecified atom stereocenters. The fourth-order valence-corrected chi connectivity index (χ4v) is 9.79. The summed E-state index contributed by atoms with van der Waals surface area (Å²) in [4.78, 5) is 4.61. The van der Waals surface area contributed by atoms with Crippen molar-refractivity contribution in [2.75, 3.05) is 9.80 Å². The highest BCUT2D eigenvalue weighted by atomic mass is 19.1. The van der Waals surface area contributed by atoms with Crippen molar-refractivity contribution in [3.8, 4) is 22.3 Å². The number of halogens is 1. The Morgan fingerprint density at radius 2 is 1.08 bits per heavy atom. The Morgan fingerprint density at radius 1 is 0.475 bits per heavy atom. The highest BCUT2D eigenvalue weighted by Gasteiger charge is 2.36. The zero-order chi connectivity index (χ0) is 41.1. The summed E-state index contributed by atoms with van der Waals surface area (Å²) >= 11 is 0. The molecule has 2 aliphatic carbocycles. The molecular formula is C57H44FN3. The number of allylic oxidation sites excluding steroid dienone is 4. The van der Waals surface area contributed by atoms with E-state index < -0.39 is 0 Å². The SMILES string of the molecule is CC1(C)c2ccccc2-c2ccc(N(c3ccccc3)c3cc(-c4ccc5c(c4)c4ccccc4n5C4C=CC=CC4)cc(N(c4ccccc4)c4ccc(F)cc4)c3)cc21. The zero-order valence-corrected chi connectivity index (χ0v) is 34.2. The first kappa shape index (κ1) is 36.6. The second kappa shape index (κ2) is 14.7. The van der Waals surface area contributed by atoms with Crippen LogP contribution in [0.5, 0.6) is 0 Å². The molecule has 2 aliphatic rings. The molecule has 1 atom stereocenters. The molecule has 0 saturated heterocycles. The Balaban J connectivity index is 1.16. The first-order chi connectivity index (χ1) is 29.9. The lowest BCUT2D eigenvalue weighted by molar-refractivity contribution is 0.628. The van der Waals surface area contributed by atoms with Crippen molar-refractivity contribution >= 4 is 55.9 Å². The summed E-state index contributed by atoms with van der Waals surface area (Å²) in [7, 11) is 0. The Bertz CT molecular complexity index is 3160. The number of para-hydroxylation sites is 3. The third-order valence-electron chi connectivity index (χ3n) is 12.7. The Labute approximate surface area is 356 Å². The topological polar surface area (TPSA) is 11.4 Å². The van der Waals surface area contributed by atoms with E-state index in [9.17, 15) is 4.39 Å². The van der Waals surface area contributed by atoms with Gasteiger partial charge in [-0.25, -0.2) is 4.39 Å². The van der Waals surface area contributed by atoms with Crippen LogP contribution >= 0.6 is 0 Å². The average Bonchev–Trinajstić information content (AvgIpc) is 3.76. The van der Waals surface area contributed by atoms with Gasteiger partial charge in [0, 0.05) is 61.3 Å². The molecule has 294 valence electrons. The minimum Gasteiger partial charge on any atom is -0.333 e. The quantitative estimate of drug-likeness (QED) is 0.152. The summed E-state index contributed by atoms with van der Waals surface area (Å²) in [5, 5.41) is 2.46. The molecule has 0 radical (unpaired) electrons. The smallest absolute Gasteiger partial charge is 0.123 e. The number of hydrogen-bond donors (Lipinski definition) is 0. The average molecular weight is 790 g/mol. The number of anilines is 6.